The molecule has 2 atom stereocenters. The molecule has 17 heavy (non-hydrogen) atoms. The molecule has 2 rings (SSSR count). The normalized spacial score (nSPS) is 20.6. The van der Waals surface area contributed by atoms with Crippen LogP contribution in [0.4, 0.5) is 0 Å². The van der Waals surface area contributed by atoms with Crippen molar-refractivity contribution in [1.82, 2.24) is 5.32 Å². The van der Waals surface area contributed by atoms with Crippen LogP contribution in [0.15, 0.2) is 17.5 Å². The zero-order valence-electron chi connectivity index (χ0n) is 10.6. The largest absolute Gasteiger partial charge is 0.392 e. The minimum atomic E-state index is -0.180. The molecule has 96 valence electrons. The van der Waals surface area contributed by atoms with E-state index in [0.29, 0.717) is 6.04 Å². The summed E-state index contributed by atoms with van der Waals surface area (Å²) >= 11 is 1.77. The maximum Gasteiger partial charge on any atom is 0.0667 e. The summed E-state index contributed by atoms with van der Waals surface area (Å²) in [7, 11) is 0. The van der Waals surface area contributed by atoms with Gasteiger partial charge in [-0.05, 0) is 30.7 Å². The fourth-order valence-corrected chi connectivity index (χ4v) is 3.42. The molecule has 0 bridgehead atoms. The average molecular weight is 253 g/mol. The standard InChI is InChI=1S/C14H23NOS/c1-11(14-7-4-8-17-14)15-10-13(16)9-12-5-2-3-6-12/h4,7-8,11-13,15-16H,2-3,5-6,9-10H2,1H3/t11-,13?/m1/s1. The van der Waals surface area contributed by atoms with Gasteiger partial charge in [0.05, 0.1) is 6.10 Å². The molecule has 0 saturated heterocycles. The first-order valence-electron chi connectivity index (χ1n) is 6.70. The first-order valence-corrected chi connectivity index (χ1v) is 7.58. The highest BCUT2D eigenvalue weighted by molar-refractivity contribution is 7.10. The van der Waals surface area contributed by atoms with Crippen LogP contribution in [0, 0.1) is 5.92 Å². The Kier molecular flexibility index (Phi) is 5.01. The second kappa shape index (κ2) is 6.53. The first kappa shape index (κ1) is 13.1. The molecule has 1 aliphatic carbocycles. The number of hydrogen-bond donors (Lipinski definition) is 2. The van der Waals surface area contributed by atoms with E-state index < -0.39 is 0 Å². The van der Waals surface area contributed by atoms with Gasteiger partial charge in [-0.1, -0.05) is 31.7 Å². The van der Waals surface area contributed by atoms with E-state index in [0.717, 1.165) is 18.9 Å². The Hall–Kier alpha value is -0.380. The third kappa shape index (κ3) is 4.09. The van der Waals surface area contributed by atoms with Crippen LogP contribution in [-0.4, -0.2) is 17.8 Å². The fourth-order valence-electron chi connectivity index (χ4n) is 2.67. The molecule has 0 amide bonds. The molecule has 0 spiro atoms. The molecule has 0 radical (unpaired) electrons. The molecule has 1 aliphatic rings. The lowest BCUT2D eigenvalue weighted by molar-refractivity contribution is 0.138. The lowest BCUT2D eigenvalue weighted by Gasteiger charge is -2.18. The van der Waals surface area contributed by atoms with Crippen molar-refractivity contribution in [1.29, 1.82) is 0 Å². The van der Waals surface area contributed by atoms with Crippen LogP contribution < -0.4 is 5.32 Å². The topological polar surface area (TPSA) is 32.3 Å². The molecule has 1 aromatic rings. The SMILES string of the molecule is C[C@@H](NCC(O)CC1CCCC1)c1cccs1. The van der Waals surface area contributed by atoms with Gasteiger partial charge in [0.15, 0.2) is 0 Å². The Morgan fingerprint density at radius 2 is 2.24 bits per heavy atom. The van der Waals surface area contributed by atoms with Crippen LogP contribution in [0.2, 0.25) is 0 Å². The average Bonchev–Trinajstić information content (AvgIpc) is 2.97. The summed E-state index contributed by atoms with van der Waals surface area (Å²) in [6, 6.07) is 4.58. The third-order valence-electron chi connectivity index (χ3n) is 3.71. The second-order valence-corrected chi connectivity index (χ2v) is 6.16. The molecule has 1 heterocycles. The van der Waals surface area contributed by atoms with Crippen molar-refractivity contribution in [2.75, 3.05) is 6.54 Å². The minimum absolute atomic E-state index is 0.180. The zero-order valence-corrected chi connectivity index (χ0v) is 11.4. The Balaban J connectivity index is 1.66. The van der Waals surface area contributed by atoms with Gasteiger partial charge in [-0.25, -0.2) is 0 Å². The van der Waals surface area contributed by atoms with Gasteiger partial charge in [0.2, 0.25) is 0 Å². The van der Waals surface area contributed by atoms with Gasteiger partial charge in [-0.3, -0.25) is 0 Å². The highest BCUT2D eigenvalue weighted by Crippen LogP contribution is 2.28. The van der Waals surface area contributed by atoms with Crippen molar-refractivity contribution in [3.63, 3.8) is 0 Å². The molecule has 1 aromatic heterocycles. The van der Waals surface area contributed by atoms with Crippen molar-refractivity contribution in [3.8, 4) is 0 Å². The molecule has 2 N–H and O–H groups in total. The molecule has 1 unspecified atom stereocenters. The maximum atomic E-state index is 10.00. The van der Waals surface area contributed by atoms with Gasteiger partial charge in [-0.15, -0.1) is 11.3 Å². The molecular formula is C14H23NOS. The van der Waals surface area contributed by atoms with E-state index in [-0.39, 0.29) is 6.10 Å². The summed E-state index contributed by atoms with van der Waals surface area (Å²) in [5, 5.41) is 15.5. The molecule has 0 aliphatic heterocycles. The smallest absolute Gasteiger partial charge is 0.0667 e. The van der Waals surface area contributed by atoms with Crippen LogP contribution >= 0.6 is 11.3 Å². The number of aliphatic hydroxyl groups is 1. The molecule has 3 heteroatoms. The van der Waals surface area contributed by atoms with E-state index in [1.807, 2.05) is 0 Å². The number of nitrogens with one attached hydrogen (secondary N) is 1. The van der Waals surface area contributed by atoms with Crippen molar-refractivity contribution in [2.24, 2.45) is 5.92 Å². The second-order valence-electron chi connectivity index (χ2n) is 5.19. The van der Waals surface area contributed by atoms with E-state index >= 15 is 0 Å². The highest BCUT2D eigenvalue weighted by atomic mass is 32.1. The number of rotatable bonds is 6. The quantitative estimate of drug-likeness (QED) is 0.815. The van der Waals surface area contributed by atoms with Gasteiger partial charge in [0.25, 0.3) is 0 Å². The lowest BCUT2D eigenvalue weighted by atomic mass is 10.00. The van der Waals surface area contributed by atoms with Gasteiger partial charge in [0.1, 0.15) is 0 Å². The maximum absolute atomic E-state index is 10.00. The Labute approximate surface area is 108 Å². The van der Waals surface area contributed by atoms with Gasteiger partial charge in [0, 0.05) is 17.5 Å². The van der Waals surface area contributed by atoms with Crippen LogP contribution in [0.25, 0.3) is 0 Å². The van der Waals surface area contributed by atoms with E-state index in [1.165, 1.54) is 30.6 Å². The molecule has 1 fully saturated rings. The Bertz CT molecular complexity index is 306. The van der Waals surface area contributed by atoms with Crippen LogP contribution in [0.3, 0.4) is 0 Å². The zero-order chi connectivity index (χ0) is 12.1. The summed E-state index contributed by atoms with van der Waals surface area (Å²) in [6.07, 6.45) is 6.15. The summed E-state index contributed by atoms with van der Waals surface area (Å²) in [5.41, 5.74) is 0. The van der Waals surface area contributed by atoms with E-state index in [1.54, 1.807) is 11.3 Å². The van der Waals surface area contributed by atoms with Crippen molar-refractivity contribution in [3.05, 3.63) is 22.4 Å². The Morgan fingerprint density at radius 1 is 1.47 bits per heavy atom. The number of thiophene rings is 1. The third-order valence-corrected chi connectivity index (χ3v) is 4.76. The molecule has 0 aromatic carbocycles. The number of aliphatic hydroxyl groups excluding tert-OH is 1. The first-order chi connectivity index (χ1) is 8.25. The molecule has 1 saturated carbocycles. The fraction of sp³-hybridized carbons (Fsp3) is 0.714. The monoisotopic (exact) mass is 253 g/mol. The highest BCUT2D eigenvalue weighted by Gasteiger charge is 2.19. The van der Waals surface area contributed by atoms with Gasteiger partial charge in [-0.2, -0.15) is 0 Å². The summed E-state index contributed by atoms with van der Waals surface area (Å²) < 4.78 is 0. The summed E-state index contributed by atoms with van der Waals surface area (Å²) in [6.45, 7) is 2.88. The van der Waals surface area contributed by atoms with Crippen LogP contribution in [0.1, 0.15) is 49.9 Å². The Morgan fingerprint density at radius 3 is 2.88 bits per heavy atom. The van der Waals surface area contributed by atoms with Crippen molar-refractivity contribution in [2.45, 2.75) is 51.2 Å². The summed E-state index contributed by atoms with van der Waals surface area (Å²) in [4.78, 5) is 1.35. The number of hydrogen-bond acceptors (Lipinski definition) is 3. The predicted molar refractivity (Wildman–Crippen MR) is 73.3 cm³/mol. The van der Waals surface area contributed by atoms with Crippen LogP contribution in [0.5, 0.6) is 0 Å². The predicted octanol–water partition coefficient (Wildman–Crippen LogP) is 3.34. The lowest BCUT2D eigenvalue weighted by Crippen LogP contribution is -2.30. The van der Waals surface area contributed by atoms with Crippen molar-refractivity contribution < 1.29 is 5.11 Å². The van der Waals surface area contributed by atoms with Gasteiger partial charge >= 0.3 is 0 Å². The van der Waals surface area contributed by atoms with E-state index in [9.17, 15) is 5.11 Å². The molecule has 2 nitrogen and oxygen atoms in total. The van der Waals surface area contributed by atoms with Crippen LogP contribution in [-0.2, 0) is 0 Å². The molecular weight excluding hydrogens is 230 g/mol. The van der Waals surface area contributed by atoms with Gasteiger partial charge < -0.3 is 10.4 Å². The van der Waals surface area contributed by atoms with E-state index in [2.05, 4.69) is 29.8 Å². The van der Waals surface area contributed by atoms with Crippen molar-refractivity contribution >= 4 is 11.3 Å². The summed E-state index contributed by atoms with van der Waals surface area (Å²) in [5.74, 6) is 0.767. The van der Waals surface area contributed by atoms with E-state index in [4.69, 9.17) is 0 Å². The minimum Gasteiger partial charge on any atom is -0.392 e.